The zero-order valence-electron chi connectivity index (χ0n) is 32.5. The average molecular weight is 765 g/mol. The minimum atomic E-state index is -0.843. The van der Waals surface area contributed by atoms with Crippen LogP contribution in [0.3, 0.4) is 0 Å². The lowest BCUT2D eigenvalue weighted by molar-refractivity contribution is -0.149. The Balaban J connectivity index is 1.38. The highest BCUT2D eigenvalue weighted by Crippen LogP contribution is 2.37. The number of thiazole rings is 1. The summed E-state index contributed by atoms with van der Waals surface area (Å²) in [5.74, 6) is -2.36. The van der Waals surface area contributed by atoms with Gasteiger partial charge in [0, 0.05) is 23.4 Å². The number of hydrogen-bond acceptors (Lipinski definition) is 8. The van der Waals surface area contributed by atoms with Gasteiger partial charge in [0.05, 0.1) is 23.1 Å². The fraction of sp³-hybridized carbons (Fsp3) is 0.409. The number of amides is 4. The molecule has 0 radical (unpaired) electrons. The molecule has 1 aliphatic rings. The van der Waals surface area contributed by atoms with Crippen molar-refractivity contribution in [3.8, 4) is 0 Å². The van der Waals surface area contributed by atoms with Gasteiger partial charge in [0.15, 0.2) is 0 Å². The Morgan fingerprint density at radius 2 is 1.36 bits per heavy atom. The van der Waals surface area contributed by atoms with Crippen molar-refractivity contribution in [3.05, 3.63) is 123 Å². The maximum absolute atomic E-state index is 13.9. The van der Waals surface area contributed by atoms with Gasteiger partial charge in [0.2, 0.25) is 5.91 Å². The minimum Gasteiger partial charge on any atom is -0.461 e. The van der Waals surface area contributed by atoms with E-state index in [1.807, 2.05) is 88.4 Å². The van der Waals surface area contributed by atoms with Gasteiger partial charge in [0.25, 0.3) is 17.7 Å². The summed E-state index contributed by atoms with van der Waals surface area (Å²) in [4.78, 5) is 74.1. The van der Waals surface area contributed by atoms with Crippen molar-refractivity contribution in [2.75, 3.05) is 0 Å². The highest BCUT2D eigenvalue weighted by molar-refractivity contribution is 7.10. The van der Waals surface area contributed by atoms with Crippen LogP contribution in [0, 0.1) is 23.7 Å². The minimum absolute atomic E-state index is 0.0337. The molecule has 2 N–H and O–H groups in total. The number of esters is 1. The van der Waals surface area contributed by atoms with Gasteiger partial charge in [-0.1, -0.05) is 121 Å². The van der Waals surface area contributed by atoms with Crippen LogP contribution in [0.1, 0.15) is 114 Å². The van der Waals surface area contributed by atoms with Crippen LogP contribution in [0.25, 0.3) is 0 Å². The molecule has 0 saturated heterocycles. The van der Waals surface area contributed by atoms with Crippen LogP contribution in [0.5, 0.6) is 0 Å². The molecule has 290 valence electrons. The molecule has 0 fully saturated rings. The van der Waals surface area contributed by atoms with E-state index in [1.54, 1.807) is 36.6 Å². The van der Waals surface area contributed by atoms with Crippen molar-refractivity contribution in [1.29, 1.82) is 0 Å². The second kappa shape index (κ2) is 18.9. The van der Waals surface area contributed by atoms with Crippen molar-refractivity contribution >= 4 is 40.9 Å². The number of nitrogens with zero attached hydrogens (tertiary/aromatic N) is 2. The van der Waals surface area contributed by atoms with E-state index in [0.29, 0.717) is 29.0 Å². The number of hydrogen-bond donors (Lipinski definition) is 2. The van der Waals surface area contributed by atoms with Crippen LogP contribution in [0.4, 0.5) is 0 Å². The molecule has 6 atom stereocenters. The summed E-state index contributed by atoms with van der Waals surface area (Å²) in [6, 6.07) is 24.2. The molecule has 1 aliphatic heterocycles. The second-order valence-corrected chi connectivity index (χ2v) is 15.9. The van der Waals surface area contributed by atoms with Gasteiger partial charge in [-0.3, -0.25) is 28.9 Å². The van der Waals surface area contributed by atoms with E-state index in [0.717, 1.165) is 17.5 Å². The topological polar surface area (TPSA) is 135 Å². The first kappa shape index (κ1) is 41.0. The van der Waals surface area contributed by atoms with E-state index in [2.05, 4.69) is 17.6 Å². The predicted molar refractivity (Wildman–Crippen MR) is 213 cm³/mol. The Bertz CT molecular complexity index is 1910. The number of carbonyl (C=O) groups is 5. The summed E-state index contributed by atoms with van der Waals surface area (Å²) < 4.78 is 5.60. The van der Waals surface area contributed by atoms with Gasteiger partial charge in [-0.25, -0.2) is 4.98 Å². The number of rotatable bonds is 18. The summed E-state index contributed by atoms with van der Waals surface area (Å²) in [6.45, 7) is 11.9. The average Bonchev–Trinajstić information content (AvgIpc) is 3.78. The first-order valence-corrected chi connectivity index (χ1v) is 20.0. The fourth-order valence-electron chi connectivity index (χ4n) is 6.76. The third-order valence-electron chi connectivity index (χ3n) is 10.6. The molecule has 0 saturated carbocycles. The van der Waals surface area contributed by atoms with Gasteiger partial charge >= 0.3 is 5.97 Å². The van der Waals surface area contributed by atoms with E-state index >= 15 is 0 Å². The summed E-state index contributed by atoms with van der Waals surface area (Å²) in [5, 5.41) is 8.34. The number of imide groups is 1. The molecule has 4 aromatic rings. The van der Waals surface area contributed by atoms with Gasteiger partial charge in [-0.2, -0.15) is 0 Å². The Labute approximate surface area is 328 Å². The molecule has 2 heterocycles. The lowest BCUT2D eigenvalue weighted by Gasteiger charge is -2.32. The largest absolute Gasteiger partial charge is 0.461 e. The van der Waals surface area contributed by atoms with Crippen molar-refractivity contribution in [2.45, 2.75) is 92.0 Å². The molecule has 0 spiro atoms. The molecule has 0 aliphatic carbocycles. The molecule has 0 bridgehead atoms. The van der Waals surface area contributed by atoms with Crippen molar-refractivity contribution < 1.29 is 28.7 Å². The number of aromatic nitrogens is 1. The van der Waals surface area contributed by atoms with Crippen LogP contribution in [0.15, 0.2) is 90.3 Å². The molecule has 1 aromatic heterocycles. The van der Waals surface area contributed by atoms with Gasteiger partial charge < -0.3 is 15.4 Å². The normalized spacial score (nSPS) is 15.8. The number of carbonyl (C=O) groups excluding carboxylic acids is 5. The molecule has 4 amide bonds. The van der Waals surface area contributed by atoms with Crippen LogP contribution >= 0.6 is 11.3 Å². The number of ether oxygens (including phenoxy) is 1. The maximum Gasteiger partial charge on any atom is 0.309 e. The molecule has 3 aromatic carbocycles. The molecule has 11 heteroatoms. The lowest BCUT2D eigenvalue weighted by Crippen LogP contribution is -2.46. The third-order valence-corrected chi connectivity index (χ3v) is 11.6. The Morgan fingerprint density at radius 1 is 0.782 bits per heavy atom. The van der Waals surface area contributed by atoms with Crippen LogP contribution in [0.2, 0.25) is 0 Å². The molecule has 10 nitrogen and oxygen atoms in total. The summed E-state index contributed by atoms with van der Waals surface area (Å²) in [5.41, 5.74) is 2.63. The third kappa shape index (κ3) is 10.3. The number of benzene rings is 3. The highest BCUT2D eigenvalue weighted by atomic mass is 32.1. The van der Waals surface area contributed by atoms with Crippen molar-refractivity contribution in [3.63, 3.8) is 0 Å². The van der Waals surface area contributed by atoms with Gasteiger partial charge in [-0.05, 0) is 54.4 Å². The Kier molecular flexibility index (Phi) is 14.1. The SMILES string of the molecule is CC[C@H](C)[C@H](C)C(=O)N[C@H](C[C@H](c1nc(C(=O)N[C@@H](Cc2ccccc2)C[C@H](C)C(=O)OCc2ccccc2)cs1)N1C(=O)c2ccccc2C1=O)C(C)C. The smallest absolute Gasteiger partial charge is 0.309 e. The number of nitrogens with one attached hydrogen (secondary N) is 2. The molecular formula is C44H52N4O6S. The predicted octanol–water partition coefficient (Wildman–Crippen LogP) is 7.80. The number of fused-ring (bicyclic) bond motifs is 1. The zero-order valence-corrected chi connectivity index (χ0v) is 33.3. The maximum atomic E-state index is 13.9. The molecule has 5 rings (SSSR count). The highest BCUT2D eigenvalue weighted by Gasteiger charge is 2.43. The second-order valence-electron chi connectivity index (χ2n) is 15.0. The van der Waals surface area contributed by atoms with Crippen molar-refractivity contribution in [1.82, 2.24) is 20.5 Å². The fourth-order valence-corrected chi connectivity index (χ4v) is 7.66. The van der Waals surface area contributed by atoms with Crippen LogP contribution < -0.4 is 10.6 Å². The van der Waals surface area contributed by atoms with E-state index in [4.69, 9.17) is 9.72 Å². The van der Waals surface area contributed by atoms with Crippen molar-refractivity contribution in [2.24, 2.45) is 23.7 Å². The lowest BCUT2D eigenvalue weighted by atomic mass is 9.90. The molecular weight excluding hydrogens is 713 g/mol. The van der Waals surface area contributed by atoms with E-state index in [9.17, 15) is 24.0 Å². The quantitative estimate of drug-likeness (QED) is 0.0780. The summed E-state index contributed by atoms with van der Waals surface area (Å²) >= 11 is 1.19. The standard InChI is InChI=1S/C44H52N4O6S/c1-7-28(4)30(6)39(49)46-36(27(2)3)24-38(48-42(51)34-20-14-15-21-35(34)43(48)52)41-47-37(26-55-41)40(50)45-33(23-31-16-10-8-11-17-31)22-29(5)44(53)54-25-32-18-12-9-13-19-32/h8-21,26-30,33,36,38H,7,22-25H2,1-6H3,(H,45,50)(H,46,49)/t28-,29-,30-,33+,36+,38+/m0/s1. The van der Waals surface area contributed by atoms with Crippen LogP contribution in [-0.4, -0.2) is 51.6 Å². The van der Waals surface area contributed by atoms with Crippen LogP contribution in [-0.2, 0) is 27.4 Å². The first-order valence-electron chi connectivity index (χ1n) is 19.2. The van der Waals surface area contributed by atoms with Gasteiger partial charge in [0.1, 0.15) is 17.3 Å². The summed E-state index contributed by atoms with van der Waals surface area (Å²) in [7, 11) is 0. The Hall–Kier alpha value is -5.16. The summed E-state index contributed by atoms with van der Waals surface area (Å²) in [6.07, 6.45) is 1.87. The Morgan fingerprint density at radius 3 is 1.95 bits per heavy atom. The zero-order chi connectivity index (χ0) is 39.6. The van der Waals surface area contributed by atoms with E-state index < -0.39 is 41.8 Å². The van der Waals surface area contributed by atoms with Gasteiger partial charge in [-0.15, -0.1) is 11.3 Å². The van der Waals surface area contributed by atoms with E-state index in [1.165, 1.54) is 16.2 Å². The van der Waals surface area contributed by atoms with E-state index in [-0.39, 0.29) is 48.4 Å². The molecule has 55 heavy (non-hydrogen) atoms. The molecule has 0 unspecified atom stereocenters. The first-order chi connectivity index (χ1) is 26.4. The monoisotopic (exact) mass is 764 g/mol.